The van der Waals surface area contributed by atoms with Crippen molar-refractivity contribution in [1.82, 2.24) is 0 Å². The second-order valence-electron chi connectivity index (χ2n) is 4.38. The average molecular weight is 253 g/mol. The first-order valence-corrected chi connectivity index (χ1v) is 6.09. The van der Waals surface area contributed by atoms with E-state index in [1.807, 2.05) is 30.3 Å². The third kappa shape index (κ3) is 2.15. The molecule has 3 heteroatoms. The van der Waals surface area contributed by atoms with Gasteiger partial charge in [0.15, 0.2) is 0 Å². The first-order valence-electron chi connectivity index (χ1n) is 6.09. The molecule has 2 aromatic carbocycles. The van der Waals surface area contributed by atoms with Gasteiger partial charge in [-0.05, 0) is 23.8 Å². The molecule has 0 aromatic heterocycles. The van der Waals surface area contributed by atoms with Crippen LogP contribution in [0.1, 0.15) is 6.42 Å². The average Bonchev–Trinajstić information content (AvgIpc) is 2.86. The minimum Gasteiger partial charge on any atom is -0.287 e. The fourth-order valence-electron chi connectivity index (χ4n) is 2.21. The number of para-hydroxylation sites is 1. The number of benzene rings is 2. The van der Waals surface area contributed by atoms with Crippen LogP contribution in [0.25, 0.3) is 11.1 Å². The van der Waals surface area contributed by atoms with Crippen LogP contribution in [0.15, 0.2) is 60.8 Å². The lowest BCUT2D eigenvalue weighted by molar-refractivity contribution is -0.116. The van der Waals surface area contributed by atoms with Crippen molar-refractivity contribution in [2.24, 2.45) is 0 Å². The number of rotatable bonds is 2. The smallest absolute Gasteiger partial charge is 0.234 e. The summed E-state index contributed by atoms with van der Waals surface area (Å²) in [6, 6.07) is 13.9. The highest BCUT2D eigenvalue weighted by molar-refractivity contribution is 6.02. The van der Waals surface area contributed by atoms with E-state index in [0.717, 1.165) is 16.8 Å². The third-order valence-electron chi connectivity index (χ3n) is 3.13. The summed E-state index contributed by atoms with van der Waals surface area (Å²) in [5, 5.41) is 0. The summed E-state index contributed by atoms with van der Waals surface area (Å²) in [5.41, 5.74) is 2.64. The highest BCUT2D eigenvalue weighted by Crippen LogP contribution is 2.32. The van der Waals surface area contributed by atoms with Crippen molar-refractivity contribution in [2.75, 3.05) is 4.90 Å². The second-order valence-corrected chi connectivity index (χ2v) is 4.38. The molecular formula is C16H12FNO. The highest BCUT2D eigenvalue weighted by Gasteiger charge is 2.19. The summed E-state index contributed by atoms with van der Waals surface area (Å²) in [6.45, 7) is 0. The Hall–Kier alpha value is -2.42. The van der Waals surface area contributed by atoms with Crippen molar-refractivity contribution >= 4 is 11.6 Å². The molecule has 2 nitrogen and oxygen atoms in total. The summed E-state index contributed by atoms with van der Waals surface area (Å²) in [6.07, 6.45) is 4.05. The van der Waals surface area contributed by atoms with Gasteiger partial charge in [0, 0.05) is 18.2 Å². The fraction of sp³-hybridized carbons (Fsp3) is 0.0625. The normalized spacial score (nSPS) is 14.2. The van der Waals surface area contributed by atoms with Gasteiger partial charge in [0.25, 0.3) is 0 Å². The van der Waals surface area contributed by atoms with Gasteiger partial charge in [-0.3, -0.25) is 9.69 Å². The maximum Gasteiger partial charge on any atom is 0.234 e. The van der Waals surface area contributed by atoms with Gasteiger partial charge in [0.05, 0.1) is 5.69 Å². The Morgan fingerprint density at radius 3 is 2.42 bits per heavy atom. The monoisotopic (exact) mass is 253 g/mol. The molecular weight excluding hydrogens is 241 g/mol. The van der Waals surface area contributed by atoms with Gasteiger partial charge in [0.2, 0.25) is 5.91 Å². The van der Waals surface area contributed by atoms with Crippen molar-refractivity contribution in [2.45, 2.75) is 6.42 Å². The van der Waals surface area contributed by atoms with Crippen molar-refractivity contribution in [3.05, 3.63) is 66.6 Å². The number of amides is 1. The third-order valence-corrected chi connectivity index (χ3v) is 3.13. The Morgan fingerprint density at radius 2 is 1.74 bits per heavy atom. The van der Waals surface area contributed by atoms with Gasteiger partial charge in [-0.25, -0.2) is 4.39 Å². The van der Waals surface area contributed by atoms with Crippen molar-refractivity contribution in [1.29, 1.82) is 0 Å². The van der Waals surface area contributed by atoms with Crippen LogP contribution in [0.2, 0.25) is 0 Å². The quantitative estimate of drug-likeness (QED) is 0.798. The molecule has 94 valence electrons. The van der Waals surface area contributed by atoms with E-state index in [2.05, 4.69) is 0 Å². The predicted molar refractivity (Wildman–Crippen MR) is 73.1 cm³/mol. The lowest BCUT2D eigenvalue weighted by Gasteiger charge is -2.18. The lowest BCUT2D eigenvalue weighted by atomic mass is 10.0. The predicted octanol–water partition coefficient (Wildman–Crippen LogP) is 3.74. The highest BCUT2D eigenvalue weighted by atomic mass is 19.1. The number of hydrogen-bond acceptors (Lipinski definition) is 1. The second kappa shape index (κ2) is 4.69. The number of anilines is 1. The van der Waals surface area contributed by atoms with E-state index >= 15 is 0 Å². The minimum atomic E-state index is -0.265. The van der Waals surface area contributed by atoms with Gasteiger partial charge >= 0.3 is 0 Å². The number of nitrogens with zero attached hydrogens (tertiary/aromatic N) is 1. The van der Waals surface area contributed by atoms with E-state index in [4.69, 9.17) is 0 Å². The summed E-state index contributed by atoms with van der Waals surface area (Å²) in [7, 11) is 0. The molecule has 0 fully saturated rings. The van der Waals surface area contributed by atoms with E-state index in [0.29, 0.717) is 6.42 Å². The van der Waals surface area contributed by atoms with Gasteiger partial charge in [-0.15, -0.1) is 0 Å². The molecule has 1 heterocycles. The van der Waals surface area contributed by atoms with E-state index < -0.39 is 0 Å². The topological polar surface area (TPSA) is 20.3 Å². The largest absolute Gasteiger partial charge is 0.287 e. The molecule has 0 spiro atoms. The molecule has 2 aromatic rings. The number of hydrogen-bond donors (Lipinski definition) is 0. The molecule has 0 aliphatic carbocycles. The van der Waals surface area contributed by atoms with Gasteiger partial charge in [0.1, 0.15) is 5.82 Å². The molecule has 0 radical (unpaired) electrons. The molecule has 0 saturated heterocycles. The Bertz CT molecular complexity index is 646. The molecule has 0 atom stereocenters. The maximum atomic E-state index is 13.0. The van der Waals surface area contributed by atoms with E-state index in [1.165, 1.54) is 12.1 Å². The molecule has 1 amide bonds. The molecule has 0 bridgehead atoms. The van der Waals surface area contributed by atoms with E-state index in [-0.39, 0.29) is 11.7 Å². The molecule has 19 heavy (non-hydrogen) atoms. The summed E-state index contributed by atoms with van der Waals surface area (Å²) < 4.78 is 13.0. The van der Waals surface area contributed by atoms with Gasteiger partial charge in [-0.2, -0.15) is 0 Å². The van der Waals surface area contributed by atoms with Crippen molar-refractivity contribution in [3.8, 4) is 11.1 Å². The van der Waals surface area contributed by atoms with Crippen LogP contribution in [0.4, 0.5) is 10.1 Å². The number of halogens is 1. The zero-order chi connectivity index (χ0) is 13.2. The molecule has 0 unspecified atom stereocenters. The Balaban J connectivity index is 2.09. The van der Waals surface area contributed by atoms with Crippen molar-refractivity contribution < 1.29 is 9.18 Å². The first kappa shape index (κ1) is 11.7. The van der Waals surface area contributed by atoms with Crippen molar-refractivity contribution in [3.63, 3.8) is 0 Å². The minimum absolute atomic E-state index is 0.0505. The van der Waals surface area contributed by atoms with E-state index in [9.17, 15) is 9.18 Å². The zero-order valence-corrected chi connectivity index (χ0v) is 10.2. The Labute approximate surface area is 110 Å². The Kier molecular flexibility index (Phi) is 2.88. The number of carbonyl (C=O) groups excluding carboxylic acids is 1. The molecule has 1 aliphatic heterocycles. The first-order chi connectivity index (χ1) is 9.25. The standard InChI is InChI=1S/C16H12FNO/c17-13-9-7-12(8-10-13)14-4-1-2-5-15(14)18-11-3-6-16(18)19/h1-5,7-11H,6H2. The van der Waals surface area contributed by atoms with Crippen LogP contribution in [-0.2, 0) is 4.79 Å². The summed E-state index contributed by atoms with van der Waals surface area (Å²) in [4.78, 5) is 13.5. The molecule has 0 saturated carbocycles. The summed E-state index contributed by atoms with van der Waals surface area (Å²) in [5.74, 6) is -0.215. The van der Waals surface area contributed by atoms with Crippen LogP contribution in [0, 0.1) is 5.82 Å². The van der Waals surface area contributed by atoms with Crippen LogP contribution >= 0.6 is 0 Å². The van der Waals surface area contributed by atoms with Gasteiger partial charge < -0.3 is 0 Å². The SMILES string of the molecule is O=C1CC=CN1c1ccccc1-c1ccc(F)cc1. The van der Waals surface area contributed by atoms with Crippen LogP contribution in [-0.4, -0.2) is 5.91 Å². The summed E-state index contributed by atoms with van der Waals surface area (Å²) >= 11 is 0. The van der Waals surface area contributed by atoms with Crippen LogP contribution in [0.5, 0.6) is 0 Å². The van der Waals surface area contributed by atoms with E-state index in [1.54, 1.807) is 23.2 Å². The molecule has 3 rings (SSSR count). The lowest BCUT2D eigenvalue weighted by Crippen LogP contribution is -2.20. The van der Waals surface area contributed by atoms with Gasteiger partial charge in [-0.1, -0.05) is 36.4 Å². The molecule has 0 N–H and O–H groups in total. The molecule has 1 aliphatic rings. The number of carbonyl (C=O) groups is 1. The van der Waals surface area contributed by atoms with Crippen LogP contribution in [0.3, 0.4) is 0 Å². The fourth-order valence-corrected chi connectivity index (χ4v) is 2.21. The Morgan fingerprint density at radius 1 is 1.00 bits per heavy atom. The van der Waals surface area contributed by atoms with Crippen LogP contribution < -0.4 is 4.90 Å². The maximum absolute atomic E-state index is 13.0. The zero-order valence-electron chi connectivity index (χ0n) is 10.2.